The standard InChI is InChI=1S/C24H29F3/c1-2-17-7-10-20(11-8-17)21-15-23(26)22(24(27)16-21)12-9-18-3-5-19(6-4-18)13-14-25/h13-20H,2-8,10-11H2,1H3. The predicted molar refractivity (Wildman–Crippen MR) is 104 cm³/mol. The molecule has 0 radical (unpaired) electrons. The summed E-state index contributed by atoms with van der Waals surface area (Å²) in [5, 5.41) is 0. The van der Waals surface area contributed by atoms with Crippen LogP contribution in [0.1, 0.15) is 81.8 Å². The number of allylic oxidation sites excluding steroid dienone is 1. The second-order valence-electron chi connectivity index (χ2n) is 8.18. The van der Waals surface area contributed by atoms with Crippen molar-refractivity contribution in [3.8, 4) is 11.8 Å². The van der Waals surface area contributed by atoms with Gasteiger partial charge in [-0.2, -0.15) is 0 Å². The van der Waals surface area contributed by atoms with Crippen molar-refractivity contribution < 1.29 is 13.2 Å². The van der Waals surface area contributed by atoms with Gasteiger partial charge in [0, 0.05) is 5.92 Å². The second-order valence-corrected chi connectivity index (χ2v) is 8.18. The molecule has 0 saturated heterocycles. The fourth-order valence-corrected chi connectivity index (χ4v) is 4.58. The molecule has 0 unspecified atom stereocenters. The van der Waals surface area contributed by atoms with E-state index < -0.39 is 11.6 Å². The van der Waals surface area contributed by atoms with Gasteiger partial charge in [-0.05, 0) is 86.8 Å². The minimum absolute atomic E-state index is 0.105. The first-order valence-electron chi connectivity index (χ1n) is 10.4. The van der Waals surface area contributed by atoms with Crippen molar-refractivity contribution in [2.45, 2.75) is 70.6 Å². The van der Waals surface area contributed by atoms with E-state index in [9.17, 15) is 13.2 Å². The van der Waals surface area contributed by atoms with Gasteiger partial charge in [0.2, 0.25) is 0 Å². The van der Waals surface area contributed by atoms with E-state index in [0.29, 0.717) is 6.33 Å². The van der Waals surface area contributed by atoms with Crippen molar-refractivity contribution in [1.82, 2.24) is 0 Å². The summed E-state index contributed by atoms with van der Waals surface area (Å²) in [6, 6.07) is 2.99. The number of hydrogen-bond acceptors (Lipinski definition) is 0. The van der Waals surface area contributed by atoms with Crippen LogP contribution in [0.2, 0.25) is 0 Å². The molecule has 0 aliphatic heterocycles. The summed E-state index contributed by atoms with van der Waals surface area (Å²) in [6.07, 6.45) is 11.2. The molecule has 146 valence electrons. The third kappa shape index (κ3) is 5.18. The zero-order valence-corrected chi connectivity index (χ0v) is 16.1. The Morgan fingerprint density at radius 2 is 1.59 bits per heavy atom. The fourth-order valence-electron chi connectivity index (χ4n) is 4.58. The molecule has 0 amide bonds. The van der Waals surface area contributed by atoms with Gasteiger partial charge >= 0.3 is 0 Å². The van der Waals surface area contributed by atoms with E-state index in [1.165, 1.54) is 18.6 Å². The first-order chi connectivity index (χ1) is 13.1. The highest BCUT2D eigenvalue weighted by Gasteiger charge is 2.23. The van der Waals surface area contributed by atoms with Crippen LogP contribution in [0.5, 0.6) is 0 Å². The van der Waals surface area contributed by atoms with Crippen LogP contribution in [0.4, 0.5) is 13.2 Å². The molecule has 2 aliphatic carbocycles. The first kappa shape index (κ1) is 20.1. The van der Waals surface area contributed by atoms with Crippen molar-refractivity contribution in [3.05, 3.63) is 47.3 Å². The van der Waals surface area contributed by atoms with E-state index in [1.807, 2.05) is 0 Å². The first-order valence-corrected chi connectivity index (χ1v) is 10.4. The molecule has 1 aromatic rings. The lowest BCUT2D eigenvalue weighted by Crippen LogP contribution is -2.13. The summed E-state index contributed by atoms with van der Waals surface area (Å²) in [5.74, 6) is 6.15. The second kappa shape index (κ2) is 9.49. The molecule has 2 aliphatic rings. The molecule has 0 N–H and O–H groups in total. The van der Waals surface area contributed by atoms with Crippen molar-refractivity contribution >= 4 is 0 Å². The Morgan fingerprint density at radius 1 is 0.963 bits per heavy atom. The van der Waals surface area contributed by atoms with Crippen LogP contribution in [0.25, 0.3) is 0 Å². The van der Waals surface area contributed by atoms with Crippen LogP contribution < -0.4 is 0 Å². The zero-order chi connectivity index (χ0) is 19.2. The smallest absolute Gasteiger partial charge is 0.142 e. The van der Waals surface area contributed by atoms with E-state index in [-0.39, 0.29) is 23.3 Å². The number of hydrogen-bond donors (Lipinski definition) is 0. The molecular formula is C24H29F3. The summed E-state index contributed by atoms with van der Waals surface area (Å²) < 4.78 is 41.3. The van der Waals surface area contributed by atoms with Gasteiger partial charge in [0.1, 0.15) is 11.6 Å². The number of halogens is 3. The van der Waals surface area contributed by atoms with Gasteiger partial charge < -0.3 is 0 Å². The average molecular weight is 374 g/mol. The maximum Gasteiger partial charge on any atom is 0.142 e. The third-order valence-electron chi connectivity index (χ3n) is 6.48. The van der Waals surface area contributed by atoms with Crippen molar-refractivity contribution in [3.63, 3.8) is 0 Å². The molecule has 27 heavy (non-hydrogen) atoms. The number of rotatable bonds is 3. The van der Waals surface area contributed by atoms with Gasteiger partial charge in [-0.1, -0.05) is 31.3 Å². The lowest BCUT2D eigenvalue weighted by molar-refractivity contribution is 0.318. The number of benzene rings is 1. The van der Waals surface area contributed by atoms with Crippen LogP contribution >= 0.6 is 0 Å². The molecule has 0 heterocycles. The van der Waals surface area contributed by atoms with E-state index in [1.54, 1.807) is 6.08 Å². The fraction of sp³-hybridized carbons (Fsp3) is 0.583. The summed E-state index contributed by atoms with van der Waals surface area (Å²) >= 11 is 0. The molecule has 2 fully saturated rings. The van der Waals surface area contributed by atoms with Crippen LogP contribution in [0.3, 0.4) is 0 Å². The van der Waals surface area contributed by atoms with Crippen LogP contribution in [-0.2, 0) is 0 Å². The SMILES string of the molecule is CCC1CCC(c2cc(F)c(C#CC3CCC(C=CF)CC3)c(F)c2)CC1. The highest BCUT2D eigenvalue weighted by molar-refractivity contribution is 5.40. The Labute approximate surface area is 161 Å². The summed E-state index contributed by atoms with van der Waals surface area (Å²) in [6.45, 7) is 2.21. The zero-order valence-electron chi connectivity index (χ0n) is 16.1. The largest absolute Gasteiger partial charge is 0.216 e. The summed E-state index contributed by atoms with van der Waals surface area (Å²) in [7, 11) is 0. The normalized spacial score (nSPS) is 28.7. The summed E-state index contributed by atoms with van der Waals surface area (Å²) in [4.78, 5) is 0. The van der Waals surface area contributed by atoms with E-state index in [2.05, 4.69) is 18.8 Å². The molecule has 0 bridgehead atoms. The van der Waals surface area contributed by atoms with Gasteiger partial charge in [0.05, 0.1) is 11.9 Å². The topological polar surface area (TPSA) is 0 Å². The maximum absolute atomic E-state index is 14.5. The minimum atomic E-state index is -0.538. The Kier molecular flexibility index (Phi) is 7.05. The van der Waals surface area contributed by atoms with E-state index in [0.717, 1.165) is 62.8 Å². The van der Waals surface area contributed by atoms with Gasteiger partial charge in [0.15, 0.2) is 0 Å². The lowest BCUT2D eigenvalue weighted by Gasteiger charge is -2.28. The average Bonchev–Trinajstić information content (AvgIpc) is 2.69. The Bertz CT molecular complexity index is 686. The highest BCUT2D eigenvalue weighted by Crippen LogP contribution is 2.37. The van der Waals surface area contributed by atoms with Crippen molar-refractivity contribution in [1.29, 1.82) is 0 Å². The van der Waals surface area contributed by atoms with Gasteiger partial charge in [-0.25, -0.2) is 13.2 Å². The van der Waals surface area contributed by atoms with Gasteiger partial charge in [-0.15, -0.1) is 0 Å². The van der Waals surface area contributed by atoms with Crippen molar-refractivity contribution in [2.75, 3.05) is 0 Å². The Balaban J connectivity index is 1.66. The monoisotopic (exact) mass is 374 g/mol. The van der Waals surface area contributed by atoms with Gasteiger partial charge in [-0.3, -0.25) is 0 Å². The molecule has 3 heteroatoms. The summed E-state index contributed by atoms with van der Waals surface area (Å²) in [5.41, 5.74) is 0.676. The minimum Gasteiger partial charge on any atom is -0.216 e. The molecule has 0 atom stereocenters. The maximum atomic E-state index is 14.5. The lowest BCUT2D eigenvalue weighted by atomic mass is 9.77. The molecule has 0 nitrogen and oxygen atoms in total. The van der Waals surface area contributed by atoms with Crippen molar-refractivity contribution in [2.24, 2.45) is 17.8 Å². The molecule has 3 rings (SSSR count). The quantitative estimate of drug-likeness (QED) is 0.487. The van der Waals surface area contributed by atoms with E-state index >= 15 is 0 Å². The highest BCUT2D eigenvalue weighted by atomic mass is 19.1. The molecular weight excluding hydrogens is 345 g/mol. The van der Waals surface area contributed by atoms with Crippen LogP contribution in [-0.4, -0.2) is 0 Å². The van der Waals surface area contributed by atoms with Crippen LogP contribution in [0, 0.1) is 41.2 Å². The molecule has 0 aromatic heterocycles. The Morgan fingerprint density at radius 3 is 2.15 bits per heavy atom. The Hall–Kier alpha value is -1.69. The third-order valence-corrected chi connectivity index (χ3v) is 6.48. The molecule has 0 spiro atoms. The van der Waals surface area contributed by atoms with E-state index in [4.69, 9.17) is 0 Å². The molecule has 2 saturated carbocycles. The molecule has 1 aromatic carbocycles. The van der Waals surface area contributed by atoms with Crippen LogP contribution in [0.15, 0.2) is 24.5 Å². The van der Waals surface area contributed by atoms with Gasteiger partial charge in [0.25, 0.3) is 0 Å². The predicted octanol–water partition coefficient (Wildman–Crippen LogP) is 7.29.